The zero-order chi connectivity index (χ0) is 12.1. The summed E-state index contributed by atoms with van der Waals surface area (Å²) in [4.78, 5) is 11.2. The summed E-state index contributed by atoms with van der Waals surface area (Å²) in [5, 5.41) is 8.82. The first-order valence-corrected chi connectivity index (χ1v) is 6.41. The number of aryl methyl sites for hydroxylation is 1. The first-order valence-electron chi connectivity index (χ1n) is 6.41. The van der Waals surface area contributed by atoms with Gasteiger partial charge in [-0.3, -0.25) is 0 Å². The maximum atomic E-state index is 8.82. The maximum absolute atomic E-state index is 8.82. The number of likely N-dealkylation sites (tertiary alicyclic amines) is 1. The second-order valence-corrected chi connectivity index (χ2v) is 4.83. The van der Waals surface area contributed by atoms with Crippen LogP contribution in [-0.4, -0.2) is 46.7 Å². The third kappa shape index (κ3) is 3.48. The lowest BCUT2D eigenvalue weighted by molar-refractivity contribution is 0.248. The highest BCUT2D eigenvalue weighted by Crippen LogP contribution is 2.24. The zero-order valence-corrected chi connectivity index (χ0v) is 10.5. The van der Waals surface area contributed by atoms with E-state index in [0.717, 1.165) is 25.2 Å². The van der Waals surface area contributed by atoms with Crippen LogP contribution < -0.4 is 0 Å². The summed E-state index contributed by atoms with van der Waals surface area (Å²) in [7, 11) is 2.17. The third-order valence-electron chi connectivity index (χ3n) is 3.33. The summed E-state index contributed by atoms with van der Waals surface area (Å²) < 4.78 is 0. The van der Waals surface area contributed by atoms with E-state index in [1.54, 1.807) is 0 Å². The molecule has 1 atom stereocenters. The van der Waals surface area contributed by atoms with Crippen molar-refractivity contribution in [2.45, 2.75) is 31.6 Å². The van der Waals surface area contributed by atoms with Crippen molar-refractivity contribution in [1.82, 2.24) is 14.9 Å². The Labute approximate surface area is 103 Å². The fraction of sp³-hybridized carbons (Fsp3) is 0.692. The first kappa shape index (κ1) is 12.5. The van der Waals surface area contributed by atoms with E-state index in [2.05, 4.69) is 21.9 Å². The fourth-order valence-electron chi connectivity index (χ4n) is 2.41. The second-order valence-electron chi connectivity index (χ2n) is 4.83. The molecule has 0 spiro atoms. The van der Waals surface area contributed by atoms with Gasteiger partial charge in [-0.15, -0.1) is 0 Å². The molecule has 0 aliphatic carbocycles. The normalized spacial score (nSPS) is 21.6. The molecule has 4 heteroatoms. The molecule has 1 unspecified atom stereocenters. The Balaban J connectivity index is 2.04. The van der Waals surface area contributed by atoms with Gasteiger partial charge in [0.2, 0.25) is 0 Å². The van der Waals surface area contributed by atoms with Gasteiger partial charge in [-0.05, 0) is 38.9 Å². The Morgan fingerprint density at radius 3 is 3.18 bits per heavy atom. The highest BCUT2D eigenvalue weighted by Gasteiger charge is 2.20. The van der Waals surface area contributed by atoms with Crippen LogP contribution in [0.2, 0.25) is 0 Å². The second kappa shape index (κ2) is 6.07. The van der Waals surface area contributed by atoms with Gasteiger partial charge < -0.3 is 10.0 Å². The Morgan fingerprint density at radius 1 is 1.53 bits per heavy atom. The summed E-state index contributed by atoms with van der Waals surface area (Å²) in [6, 6.07) is 2.03. The van der Waals surface area contributed by atoms with Crippen molar-refractivity contribution >= 4 is 0 Å². The minimum atomic E-state index is 0.208. The van der Waals surface area contributed by atoms with Crippen molar-refractivity contribution in [2.24, 2.45) is 0 Å². The Bertz CT molecular complexity index is 356. The number of hydrogen-bond donors (Lipinski definition) is 1. The predicted molar refractivity (Wildman–Crippen MR) is 66.9 cm³/mol. The molecule has 1 aromatic rings. The predicted octanol–water partition coefficient (Wildman–Crippen LogP) is 1.21. The molecule has 1 aromatic heterocycles. The summed E-state index contributed by atoms with van der Waals surface area (Å²) in [6.07, 6.45) is 5.84. The number of aliphatic hydroxyl groups excluding tert-OH is 1. The molecule has 0 amide bonds. The van der Waals surface area contributed by atoms with Gasteiger partial charge in [-0.25, -0.2) is 9.97 Å². The van der Waals surface area contributed by atoms with Crippen LogP contribution in [-0.2, 0) is 6.42 Å². The minimum absolute atomic E-state index is 0.208. The van der Waals surface area contributed by atoms with Crippen molar-refractivity contribution in [2.75, 3.05) is 26.7 Å². The van der Waals surface area contributed by atoms with Crippen LogP contribution >= 0.6 is 0 Å². The molecular weight excluding hydrogens is 214 g/mol. The summed E-state index contributed by atoms with van der Waals surface area (Å²) in [5.74, 6) is 1.41. The lowest BCUT2D eigenvalue weighted by Crippen LogP contribution is -2.31. The van der Waals surface area contributed by atoms with Gasteiger partial charge in [0, 0.05) is 37.4 Å². The molecule has 1 aliphatic heterocycles. The summed E-state index contributed by atoms with van der Waals surface area (Å²) >= 11 is 0. The Morgan fingerprint density at radius 2 is 2.41 bits per heavy atom. The lowest BCUT2D eigenvalue weighted by Gasteiger charge is -2.29. The van der Waals surface area contributed by atoms with Crippen molar-refractivity contribution in [3.05, 3.63) is 23.8 Å². The summed E-state index contributed by atoms with van der Waals surface area (Å²) in [5.41, 5.74) is 1.17. The molecule has 1 saturated heterocycles. The van der Waals surface area contributed by atoms with Crippen LogP contribution in [0.5, 0.6) is 0 Å². The van der Waals surface area contributed by atoms with Gasteiger partial charge in [-0.2, -0.15) is 0 Å². The molecular formula is C13H21N3O. The van der Waals surface area contributed by atoms with E-state index in [1.807, 2.05) is 12.3 Å². The fourth-order valence-corrected chi connectivity index (χ4v) is 2.41. The van der Waals surface area contributed by atoms with E-state index < -0.39 is 0 Å². The van der Waals surface area contributed by atoms with Crippen molar-refractivity contribution in [1.29, 1.82) is 0 Å². The standard InChI is InChI=1S/C13H21N3O/c1-16-8-2-4-11(10-16)12-6-7-14-13(15-12)5-3-9-17/h6-7,11,17H,2-5,8-10H2,1H3. The smallest absolute Gasteiger partial charge is 0.128 e. The van der Waals surface area contributed by atoms with Crippen LogP contribution in [0.25, 0.3) is 0 Å². The highest BCUT2D eigenvalue weighted by atomic mass is 16.2. The average Bonchev–Trinajstić information content (AvgIpc) is 2.37. The quantitative estimate of drug-likeness (QED) is 0.852. The average molecular weight is 235 g/mol. The topological polar surface area (TPSA) is 49.2 Å². The SMILES string of the molecule is CN1CCCC(c2ccnc(CCCO)n2)C1. The van der Waals surface area contributed by atoms with Gasteiger partial charge in [0.05, 0.1) is 0 Å². The number of nitrogens with zero attached hydrogens (tertiary/aromatic N) is 3. The molecule has 4 nitrogen and oxygen atoms in total. The number of likely N-dealkylation sites (N-methyl/N-ethyl adjacent to an activating group) is 1. The van der Waals surface area contributed by atoms with Crippen LogP contribution in [0.15, 0.2) is 12.3 Å². The molecule has 2 heterocycles. The summed E-state index contributed by atoms with van der Waals surface area (Å²) in [6.45, 7) is 2.50. The molecule has 2 rings (SSSR count). The number of aromatic nitrogens is 2. The number of hydrogen-bond acceptors (Lipinski definition) is 4. The molecule has 1 fully saturated rings. The van der Waals surface area contributed by atoms with E-state index >= 15 is 0 Å². The van der Waals surface area contributed by atoms with Gasteiger partial charge in [-0.1, -0.05) is 0 Å². The van der Waals surface area contributed by atoms with E-state index in [0.29, 0.717) is 5.92 Å². The lowest BCUT2D eigenvalue weighted by atomic mass is 9.95. The monoisotopic (exact) mass is 235 g/mol. The molecule has 1 aliphatic rings. The van der Waals surface area contributed by atoms with Crippen LogP contribution in [0, 0.1) is 0 Å². The number of aliphatic hydroxyl groups is 1. The number of rotatable bonds is 4. The van der Waals surface area contributed by atoms with Gasteiger partial charge >= 0.3 is 0 Å². The van der Waals surface area contributed by atoms with Crippen molar-refractivity contribution in [3.63, 3.8) is 0 Å². The van der Waals surface area contributed by atoms with Crippen LogP contribution in [0.1, 0.15) is 36.7 Å². The van der Waals surface area contributed by atoms with E-state index in [9.17, 15) is 0 Å². The van der Waals surface area contributed by atoms with E-state index in [4.69, 9.17) is 5.11 Å². The zero-order valence-electron chi connectivity index (χ0n) is 10.5. The van der Waals surface area contributed by atoms with Crippen LogP contribution in [0.3, 0.4) is 0 Å². The van der Waals surface area contributed by atoms with Crippen molar-refractivity contribution < 1.29 is 5.11 Å². The molecule has 0 aromatic carbocycles. The molecule has 0 radical (unpaired) electrons. The Hall–Kier alpha value is -1.00. The van der Waals surface area contributed by atoms with Crippen LogP contribution in [0.4, 0.5) is 0 Å². The van der Waals surface area contributed by atoms with E-state index in [1.165, 1.54) is 25.1 Å². The highest BCUT2D eigenvalue weighted by molar-refractivity contribution is 5.10. The first-order chi connectivity index (χ1) is 8.29. The molecule has 17 heavy (non-hydrogen) atoms. The molecule has 0 saturated carbocycles. The molecule has 0 bridgehead atoms. The minimum Gasteiger partial charge on any atom is -0.396 e. The largest absolute Gasteiger partial charge is 0.396 e. The van der Waals surface area contributed by atoms with Crippen molar-refractivity contribution in [3.8, 4) is 0 Å². The van der Waals surface area contributed by atoms with E-state index in [-0.39, 0.29) is 6.61 Å². The Kier molecular flexibility index (Phi) is 4.45. The number of piperidine rings is 1. The van der Waals surface area contributed by atoms with Gasteiger partial charge in [0.15, 0.2) is 0 Å². The maximum Gasteiger partial charge on any atom is 0.128 e. The van der Waals surface area contributed by atoms with Gasteiger partial charge in [0.25, 0.3) is 0 Å². The van der Waals surface area contributed by atoms with Gasteiger partial charge in [0.1, 0.15) is 5.82 Å². The third-order valence-corrected chi connectivity index (χ3v) is 3.33. The molecule has 94 valence electrons. The molecule has 1 N–H and O–H groups in total.